The van der Waals surface area contributed by atoms with Crippen LogP contribution in [0, 0.1) is 10.8 Å². The molecule has 0 aromatic rings. The number of aliphatic hydroxyl groups excluding tert-OH is 1. The number of rotatable bonds is 0. The second-order valence-electron chi connectivity index (χ2n) is 5.23. The number of hydrogen-bond donors (Lipinski definition) is 1. The van der Waals surface area contributed by atoms with Crippen LogP contribution in [-0.4, -0.2) is 11.2 Å². The molecule has 0 aromatic carbocycles. The molecule has 0 spiro atoms. The molecule has 0 amide bonds. The molecular weight excluding hydrogens is 148 g/mol. The van der Waals surface area contributed by atoms with E-state index in [2.05, 4.69) is 0 Å². The summed E-state index contributed by atoms with van der Waals surface area (Å²) in [5.74, 6) is 0. The molecule has 0 aromatic heterocycles. The Labute approximate surface area is 74.2 Å². The second-order valence-corrected chi connectivity index (χ2v) is 5.23. The first kappa shape index (κ1) is 7.37. The molecule has 0 bridgehead atoms. The van der Waals surface area contributed by atoms with Crippen molar-refractivity contribution in [3.05, 3.63) is 0 Å². The summed E-state index contributed by atoms with van der Waals surface area (Å²) in [7, 11) is 0. The maximum Gasteiger partial charge on any atom is 0.0602 e. The summed E-state index contributed by atoms with van der Waals surface area (Å²) in [4.78, 5) is 0. The first-order chi connectivity index (χ1) is 5.79. The molecule has 1 heteroatoms. The first-order valence-electron chi connectivity index (χ1n) is 5.47. The van der Waals surface area contributed by atoms with Gasteiger partial charge in [0.25, 0.3) is 0 Å². The fourth-order valence-corrected chi connectivity index (χ4v) is 4.12. The molecule has 12 heavy (non-hydrogen) atoms. The average molecular weight is 166 g/mol. The van der Waals surface area contributed by atoms with E-state index < -0.39 is 0 Å². The van der Waals surface area contributed by atoms with Gasteiger partial charge < -0.3 is 5.11 Å². The van der Waals surface area contributed by atoms with Crippen molar-refractivity contribution in [2.45, 2.75) is 57.5 Å². The van der Waals surface area contributed by atoms with E-state index in [1.165, 1.54) is 44.9 Å². The summed E-state index contributed by atoms with van der Waals surface area (Å²) in [6.45, 7) is 0. The van der Waals surface area contributed by atoms with Gasteiger partial charge in [-0.25, -0.2) is 0 Å². The highest BCUT2D eigenvalue weighted by Gasteiger charge is 2.72. The minimum atomic E-state index is 0.0654. The van der Waals surface area contributed by atoms with E-state index in [0.29, 0.717) is 10.8 Å². The van der Waals surface area contributed by atoms with E-state index in [4.69, 9.17) is 0 Å². The first-order valence-corrected chi connectivity index (χ1v) is 5.47. The SMILES string of the molecule is OC1CC[C@@]23CCCCC[C@@]12C3. The van der Waals surface area contributed by atoms with Crippen LogP contribution in [0.4, 0.5) is 0 Å². The Hall–Kier alpha value is -0.0400. The molecule has 3 atom stereocenters. The van der Waals surface area contributed by atoms with Crippen molar-refractivity contribution in [3.8, 4) is 0 Å². The topological polar surface area (TPSA) is 20.2 Å². The van der Waals surface area contributed by atoms with Crippen LogP contribution in [0.3, 0.4) is 0 Å². The standard InChI is InChI=1S/C11H18O/c12-9-4-7-10-5-2-1-3-6-11(9,10)8-10/h9,12H,1-8H2/t9?,10-,11-/m1/s1. The maximum absolute atomic E-state index is 9.95. The van der Waals surface area contributed by atoms with E-state index in [1.54, 1.807) is 0 Å². The largest absolute Gasteiger partial charge is 0.393 e. The summed E-state index contributed by atoms with van der Waals surface area (Å²) in [6.07, 6.45) is 10.8. The van der Waals surface area contributed by atoms with Gasteiger partial charge in [0.15, 0.2) is 0 Å². The third kappa shape index (κ3) is 0.654. The fourth-order valence-electron chi connectivity index (χ4n) is 4.12. The number of hydrogen-bond acceptors (Lipinski definition) is 1. The Balaban J connectivity index is 1.92. The van der Waals surface area contributed by atoms with Gasteiger partial charge in [-0.2, -0.15) is 0 Å². The molecular formula is C11H18O. The Kier molecular flexibility index (Phi) is 1.27. The minimum Gasteiger partial charge on any atom is -0.393 e. The zero-order chi connectivity index (χ0) is 8.23. The fraction of sp³-hybridized carbons (Fsp3) is 1.00. The van der Waals surface area contributed by atoms with Crippen molar-refractivity contribution in [2.24, 2.45) is 10.8 Å². The lowest BCUT2D eigenvalue weighted by Crippen LogP contribution is -2.19. The van der Waals surface area contributed by atoms with Crippen LogP contribution >= 0.6 is 0 Å². The third-order valence-electron chi connectivity index (χ3n) is 4.90. The summed E-state index contributed by atoms with van der Waals surface area (Å²) < 4.78 is 0. The van der Waals surface area contributed by atoms with Crippen LogP contribution in [-0.2, 0) is 0 Å². The van der Waals surface area contributed by atoms with Crippen LogP contribution < -0.4 is 0 Å². The second kappa shape index (κ2) is 2.06. The lowest BCUT2D eigenvalue weighted by atomic mass is 9.90. The quantitative estimate of drug-likeness (QED) is 0.586. The summed E-state index contributed by atoms with van der Waals surface area (Å²) in [6, 6.07) is 0. The van der Waals surface area contributed by atoms with E-state index >= 15 is 0 Å². The zero-order valence-corrected chi connectivity index (χ0v) is 7.68. The van der Waals surface area contributed by atoms with Gasteiger partial charge in [-0.3, -0.25) is 0 Å². The molecule has 68 valence electrons. The molecule has 3 fully saturated rings. The third-order valence-corrected chi connectivity index (χ3v) is 4.90. The predicted molar refractivity (Wildman–Crippen MR) is 47.8 cm³/mol. The Morgan fingerprint density at radius 2 is 1.83 bits per heavy atom. The van der Waals surface area contributed by atoms with Crippen LogP contribution in [0.2, 0.25) is 0 Å². The van der Waals surface area contributed by atoms with Crippen molar-refractivity contribution in [3.63, 3.8) is 0 Å². The van der Waals surface area contributed by atoms with Crippen LogP contribution in [0.15, 0.2) is 0 Å². The highest BCUT2D eigenvalue weighted by atomic mass is 16.3. The zero-order valence-electron chi connectivity index (χ0n) is 7.68. The molecule has 0 radical (unpaired) electrons. The molecule has 0 heterocycles. The molecule has 3 saturated carbocycles. The molecule has 3 aliphatic carbocycles. The summed E-state index contributed by atoms with van der Waals surface area (Å²) in [5.41, 5.74) is 1.08. The molecule has 3 rings (SSSR count). The van der Waals surface area contributed by atoms with Crippen molar-refractivity contribution in [2.75, 3.05) is 0 Å². The van der Waals surface area contributed by atoms with E-state index in [-0.39, 0.29) is 6.10 Å². The van der Waals surface area contributed by atoms with Gasteiger partial charge in [0.05, 0.1) is 6.10 Å². The molecule has 0 aliphatic heterocycles. The van der Waals surface area contributed by atoms with Crippen molar-refractivity contribution in [1.82, 2.24) is 0 Å². The lowest BCUT2D eigenvalue weighted by Gasteiger charge is -2.18. The van der Waals surface area contributed by atoms with Gasteiger partial charge in [-0.05, 0) is 37.5 Å². The number of aliphatic hydroxyl groups is 1. The van der Waals surface area contributed by atoms with Gasteiger partial charge in [-0.1, -0.05) is 19.3 Å². The van der Waals surface area contributed by atoms with Crippen molar-refractivity contribution in [1.29, 1.82) is 0 Å². The highest BCUT2D eigenvalue weighted by molar-refractivity contribution is 5.22. The van der Waals surface area contributed by atoms with E-state index in [1.807, 2.05) is 0 Å². The molecule has 1 nitrogen and oxygen atoms in total. The van der Waals surface area contributed by atoms with Crippen LogP contribution in [0.25, 0.3) is 0 Å². The van der Waals surface area contributed by atoms with Crippen LogP contribution in [0.1, 0.15) is 51.4 Å². The Morgan fingerprint density at radius 1 is 1.00 bits per heavy atom. The van der Waals surface area contributed by atoms with E-state index in [0.717, 1.165) is 6.42 Å². The van der Waals surface area contributed by atoms with Gasteiger partial charge in [0.1, 0.15) is 0 Å². The maximum atomic E-state index is 9.95. The normalized spacial score (nSPS) is 57.2. The molecule has 3 aliphatic rings. The van der Waals surface area contributed by atoms with Crippen molar-refractivity contribution < 1.29 is 5.11 Å². The van der Waals surface area contributed by atoms with E-state index in [9.17, 15) is 5.11 Å². The highest BCUT2D eigenvalue weighted by Crippen LogP contribution is 2.78. The Morgan fingerprint density at radius 3 is 2.75 bits per heavy atom. The monoisotopic (exact) mass is 166 g/mol. The van der Waals surface area contributed by atoms with Crippen molar-refractivity contribution >= 4 is 0 Å². The minimum absolute atomic E-state index is 0.0654. The Bertz CT molecular complexity index is 209. The van der Waals surface area contributed by atoms with Gasteiger partial charge in [0, 0.05) is 5.41 Å². The predicted octanol–water partition coefficient (Wildman–Crippen LogP) is 2.48. The average Bonchev–Trinajstić information content (AvgIpc) is 2.64. The molecule has 1 N–H and O–H groups in total. The van der Waals surface area contributed by atoms with Gasteiger partial charge >= 0.3 is 0 Å². The van der Waals surface area contributed by atoms with Gasteiger partial charge in [0.2, 0.25) is 0 Å². The smallest absolute Gasteiger partial charge is 0.0602 e. The molecule has 0 saturated heterocycles. The van der Waals surface area contributed by atoms with Gasteiger partial charge in [-0.15, -0.1) is 0 Å². The molecule has 1 unspecified atom stereocenters. The van der Waals surface area contributed by atoms with Crippen LogP contribution in [0.5, 0.6) is 0 Å². The summed E-state index contributed by atoms with van der Waals surface area (Å²) >= 11 is 0. The lowest BCUT2D eigenvalue weighted by molar-refractivity contribution is 0.0931. The summed E-state index contributed by atoms with van der Waals surface area (Å²) in [5, 5.41) is 9.95.